The fourth-order valence-corrected chi connectivity index (χ4v) is 10.7. The Bertz CT molecular complexity index is 3150. The predicted molar refractivity (Wildman–Crippen MR) is 237 cm³/mol. The molecule has 4 aliphatic rings. The standard InChI is InChI=1S/C50H36B2N4/c1-50(2,3)33-23-24-39-42(29-33)55(34-15-6-4-7-16-34)43-30-40-49(44-38-21-11-14-32-26-28-54(48(32)38)51(39)46(43)44)56(35-17-8-5-9-18-35)41-22-12-19-36-37-20-10-13-31-25-27-53(47(31)37)52(40)45(36)41/h4-30H,1-3H3. The van der Waals surface area contributed by atoms with Crippen LogP contribution in [0.25, 0.3) is 44.1 Å². The highest BCUT2D eigenvalue weighted by molar-refractivity contribution is 6.92. The minimum atomic E-state index is -0.0172. The average Bonchev–Trinajstić information content (AvgIpc) is 3.87. The molecule has 0 unspecified atom stereocenters. The molecule has 0 radical (unpaired) electrons. The zero-order chi connectivity index (χ0) is 37.0. The summed E-state index contributed by atoms with van der Waals surface area (Å²) in [6.07, 6.45) is 4.66. The molecule has 0 spiro atoms. The number of fused-ring (bicyclic) bond motifs is 9. The van der Waals surface area contributed by atoms with Crippen LogP contribution in [-0.2, 0) is 5.41 Å². The van der Waals surface area contributed by atoms with Gasteiger partial charge in [-0.1, -0.05) is 118 Å². The van der Waals surface area contributed by atoms with Crippen molar-refractivity contribution >= 4 is 91.5 Å². The van der Waals surface area contributed by atoms with Crippen LogP contribution >= 0.6 is 0 Å². The Labute approximate surface area is 327 Å². The number of hydrogen-bond acceptors (Lipinski definition) is 2. The van der Waals surface area contributed by atoms with Crippen molar-refractivity contribution in [2.45, 2.75) is 26.2 Å². The van der Waals surface area contributed by atoms with Crippen LogP contribution in [0.3, 0.4) is 0 Å². The number of hydrogen-bond donors (Lipinski definition) is 0. The Morgan fingerprint density at radius 1 is 0.446 bits per heavy atom. The number of nitrogens with zero attached hydrogens (tertiary/aromatic N) is 4. The molecule has 0 amide bonds. The van der Waals surface area contributed by atoms with Crippen molar-refractivity contribution in [1.29, 1.82) is 0 Å². The minimum Gasteiger partial charge on any atom is -0.382 e. The first kappa shape index (κ1) is 30.7. The molecule has 0 saturated carbocycles. The third-order valence-electron chi connectivity index (χ3n) is 13.0. The van der Waals surface area contributed by atoms with Crippen LogP contribution in [0.2, 0.25) is 0 Å². The van der Waals surface area contributed by atoms with E-state index in [4.69, 9.17) is 0 Å². The number of para-hydroxylation sites is 4. The van der Waals surface area contributed by atoms with Crippen molar-refractivity contribution in [2.75, 3.05) is 9.80 Å². The molecule has 0 atom stereocenters. The van der Waals surface area contributed by atoms with Gasteiger partial charge in [0.15, 0.2) is 0 Å². The second-order valence-corrected chi connectivity index (χ2v) is 17.0. The Morgan fingerprint density at radius 3 is 1.75 bits per heavy atom. The van der Waals surface area contributed by atoms with Crippen LogP contribution in [0.4, 0.5) is 34.1 Å². The second-order valence-electron chi connectivity index (χ2n) is 17.0. The van der Waals surface area contributed by atoms with Gasteiger partial charge in [0.05, 0.1) is 5.69 Å². The molecule has 4 nitrogen and oxygen atoms in total. The van der Waals surface area contributed by atoms with Gasteiger partial charge in [0.1, 0.15) is 0 Å². The molecule has 0 bridgehead atoms. The quantitative estimate of drug-likeness (QED) is 0.166. The SMILES string of the molecule is CC(C)(C)c1ccc2c(c1)N(c1ccccc1)c1cc3c(c4c1B2n1ccc2cccc-4c21)N(c1ccccc1)c1cccc2c1B3n1ccc3cccc-2c31. The highest BCUT2D eigenvalue weighted by atomic mass is 15.2. The van der Waals surface area contributed by atoms with E-state index in [9.17, 15) is 0 Å². The van der Waals surface area contributed by atoms with Crippen molar-refractivity contribution < 1.29 is 0 Å². The van der Waals surface area contributed by atoms with Crippen LogP contribution < -0.4 is 31.7 Å². The maximum atomic E-state index is 2.59. The topological polar surface area (TPSA) is 16.3 Å². The summed E-state index contributed by atoms with van der Waals surface area (Å²) in [6.45, 7) is 6.95. The van der Waals surface area contributed by atoms with Gasteiger partial charge in [-0.25, -0.2) is 0 Å². The molecule has 0 fully saturated rings. The van der Waals surface area contributed by atoms with Crippen LogP contribution in [0, 0.1) is 0 Å². The minimum absolute atomic E-state index is 0.00241. The van der Waals surface area contributed by atoms with Crippen molar-refractivity contribution in [3.63, 3.8) is 0 Å². The fraction of sp³-hybridized carbons (Fsp3) is 0.0800. The number of aromatic nitrogens is 2. The smallest absolute Gasteiger partial charge is 0.332 e. The van der Waals surface area contributed by atoms with E-state index in [0.717, 1.165) is 0 Å². The first-order valence-corrected chi connectivity index (χ1v) is 19.8. The molecule has 0 saturated heterocycles. The molecule has 9 aromatic rings. The molecule has 13 rings (SSSR count). The largest absolute Gasteiger partial charge is 0.382 e. The van der Waals surface area contributed by atoms with Crippen LogP contribution in [0.5, 0.6) is 0 Å². The fourth-order valence-electron chi connectivity index (χ4n) is 10.7. The molecule has 6 heteroatoms. The van der Waals surface area contributed by atoms with Crippen molar-refractivity contribution in [1.82, 2.24) is 8.96 Å². The van der Waals surface area contributed by atoms with Gasteiger partial charge in [-0.2, -0.15) is 0 Å². The molecular formula is C50H36B2N4. The molecule has 7 aromatic carbocycles. The summed E-state index contributed by atoms with van der Waals surface area (Å²) in [5.41, 5.74) is 21.9. The summed E-state index contributed by atoms with van der Waals surface area (Å²) in [4.78, 5) is 5.17. The van der Waals surface area contributed by atoms with Gasteiger partial charge in [0.25, 0.3) is 0 Å². The molecular weight excluding hydrogens is 678 g/mol. The van der Waals surface area contributed by atoms with Gasteiger partial charge in [-0.3, -0.25) is 0 Å². The summed E-state index contributed by atoms with van der Waals surface area (Å²) in [5.74, 6) is 0. The third kappa shape index (κ3) is 3.77. The molecule has 4 aliphatic heterocycles. The maximum Gasteiger partial charge on any atom is 0.332 e. The highest BCUT2D eigenvalue weighted by Crippen LogP contribution is 2.51. The Morgan fingerprint density at radius 2 is 1.05 bits per heavy atom. The summed E-state index contributed by atoms with van der Waals surface area (Å²) < 4.78 is 5.14. The molecule has 262 valence electrons. The summed E-state index contributed by atoms with van der Waals surface area (Å²) in [5, 5.41) is 2.55. The lowest BCUT2D eigenvalue weighted by atomic mass is 9.41. The maximum absolute atomic E-state index is 2.59. The Kier molecular flexibility index (Phi) is 5.78. The molecule has 6 heterocycles. The van der Waals surface area contributed by atoms with Crippen LogP contribution in [-0.4, -0.2) is 22.7 Å². The molecule has 56 heavy (non-hydrogen) atoms. The molecule has 0 N–H and O–H groups in total. The number of anilines is 6. The van der Waals surface area contributed by atoms with Crippen LogP contribution in [0.1, 0.15) is 26.3 Å². The zero-order valence-corrected chi connectivity index (χ0v) is 31.5. The lowest BCUT2D eigenvalue weighted by Crippen LogP contribution is -2.61. The van der Waals surface area contributed by atoms with E-state index in [1.165, 1.54) is 106 Å². The summed E-state index contributed by atoms with van der Waals surface area (Å²) in [6, 6.07) is 57.2. The van der Waals surface area contributed by atoms with E-state index in [2.05, 4.69) is 204 Å². The predicted octanol–water partition coefficient (Wildman–Crippen LogP) is 9.73. The van der Waals surface area contributed by atoms with Gasteiger partial charge in [-0.05, 0) is 116 Å². The number of rotatable bonds is 2. The lowest BCUT2D eigenvalue weighted by molar-refractivity contribution is 0.590. The van der Waals surface area contributed by atoms with Gasteiger partial charge in [0.2, 0.25) is 0 Å². The first-order valence-electron chi connectivity index (χ1n) is 19.8. The zero-order valence-electron chi connectivity index (χ0n) is 31.5. The second kappa shape index (κ2) is 10.6. The third-order valence-corrected chi connectivity index (χ3v) is 13.0. The Hall–Kier alpha value is -6.65. The average molecular weight is 714 g/mol. The first-order chi connectivity index (χ1) is 27.5. The van der Waals surface area contributed by atoms with E-state index >= 15 is 0 Å². The van der Waals surface area contributed by atoms with Crippen LogP contribution in [0.15, 0.2) is 164 Å². The van der Waals surface area contributed by atoms with E-state index in [0.29, 0.717) is 0 Å². The summed E-state index contributed by atoms with van der Waals surface area (Å²) in [7, 11) is 0. The lowest BCUT2D eigenvalue weighted by Gasteiger charge is -2.46. The van der Waals surface area contributed by atoms with Gasteiger partial charge >= 0.3 is 13.7 Å². The summed E-state index contributed by atoms with van der Waals surface area (Å²) >= 11 is 0. The van der Waals surface area contributed by atoms with E-state index in [1.807, 2.05) is 0 Å². The van der Waals surface area contributed by atoms with Gasteiger partial charge in [-0.15, -0.1) is 0 Å². The van der Waals surface area contributed by atoms with E-state index < -0.39 is 0 Å². The molecule has 0 aliphatic carbocycles. The van der Waals surface area contributed by atoms with Crippen molar-refractivity contribution in [3.8, 4) is 22.3 Å². The molecule has 2 aromatic heterocycles. The van der Waals surface area contributed by atoms with Gasteiger partial charge < -0.3 is 18.8 Å². The van der Waals surface area contributed by atoms with E-state index in [-0.39, 0.29) is 19.1 Å². The van der Waals surface area contributed by atoms with Crippen molar-refractivity contribution in [2.24, 2.45) is 0 Å². The van der Waals surface area contributed by atoms with Gasteiger partial charge in [0, 0.05) is 56.2 Å². The normalized spacial score (nSPS) is 14.2. The highest BCUT2D eigenvalue weighted by Gasteiger charge is 2.49. The van der Waals surface area contributed by atoms with E-state index in [1.54, 1.807) is 0 Å². The van der Waals surface area contributed by atoms with Crippen molar-refractivity contribution in [3.05, 3.63) is 170 Å². The Balaban J connectivity index is 1.25. The number of benzene rings is 7. The monoisotopic (exact) mass is 714 g/mol.